The molecule has 5 nitrogen and oxygen atoms in total. The number of ketones is 1. The lowest BCUT2D eigenvalue weighted by molar-refractivity contribution is -0.142. The third-order valence-electron chi connectivity index (χ3n) is 4.32. The zero-order chi connectivity index (χ0) is 17.4. The fraction of sp³-hybridized carbons (Fsp3) is 0.722. The van der Waals surface area contributed by atoms with Gasteiger partial charge in [0.1, 0.15) is 11.8 Å². The third kappa shape index (κ3) is 6.55. The van der Waals surface area contributed by atoms with E-state index < -0.39 is 12.0 Å². The van der Waals surface area contributed by atoms with Gasteiger partial charge in [-0.2, -0.15) is 0 Å². The van der Waals surface area contributed by atoms with Crippen molar-refractivity contribution in [2.45, 2.75) is 65.3 Å². The summed E-state index contributed by atoms with van der Waals surface area (Å²) in [6, 6.07) is -0.849. The van der Waals surface area contributed by atoms with Crippen LogP contribution in [0.1, 0.15) is 59.3 Å². The summed E-state index contributed by atoms with van der Waals surface area (Å²) >= 11 is 0. The molecule has 130 valence electrons. The highest BCUT2D eigenvalue weighted by molar-refractivity contribution is 5.87. The number of amides is 1. The molecule has 0 aromatic carbocycles. The largest absolute Gasteiger partial charge is 0.480 e. The number of carbonyl (C=O) groups excluding carboxylic acids is 2. The molecule has 0 bridgehead atoms. The molecule has 0 heterocycles. The quantitative estimate of drug-likeness (QED) is 0.639. The lowest BCUT2D eigenvalue weighted by Gasteiger charge is -2.20. The van der Waals surface area contributed by atoms with Gasteiger partial charge in [0.05, 0.1) is 0 Å². The average Bonchev–Trinajstić information content (AvgIpc) is 2.79. The maximum atomic E-state index is 12.2. The van der Waals surface area contributed by atoms with Crippen molar-refractivity contribution in [3.8, 4) is 0 Å². The van der Waals surface area contributed by atoms with Gasteiger partial charge in [0.25, 0.3) is 0 Å². The molecule has 23 heavy (non-hydrogen) atoms. The van der Waals surface area contributed by atoms with Crippen LogP contribution < -0.4 is 5.32 Å². The summed E-state index contributed by atoms with van der Waals surface area (Å²) in [5, 5.41) is 11.8. The number of hydrogen-bond donors (Lipinski definition) is 2. The first-order valence-corrected chi connectivity index (χ1v) is 8.55. The highest BCUT2D eigenvalue weighted by atomic mass is 16.4. The molecule has 5 heteroatoms. The average molecular weight is 323 g/mol. The van der Waals surface area contributed by atoms with Gasteiger partial charge in [-0.05, 0) is 37.5 Å². The smallest absolute Gasteiger partial charge is 0.326 e. The maximum Gasteiger partial charge on any atom is 0.326 e. The Hall–Kier alpha value is -1.65. The summed E-state index contributed by atoms with van der Waals surface area (Å²) in [6.07, 6.45) is 7.55. The van der Waals surface area contributed by atoms with Crippen molar-refractivity contribution in [1.82, 2.24) is 5.32 Å². The fourth-order valence-electron chi connectivity index (χ4n) is 3.14. The lowest BCUT2D eigenvalue weighted by Crippen LogP contribution is -2.42. The predicted molar refractivity (Wildman–Crippen MR) is 88.9 cm³/mol. The summed E-state index contributed by atoms with van der Waals surface area (Å²) in [7, 11) is 0. The lowest BCUT2D eigenvalue weighted by atomic mass is 9.89. The molecule has 0 aromatic rings. The highest BCUT2D eigenvalue weighted by Gasteiger charge is 2.35. The van der Waals surface area contributed by atoms with Crippen molar-refractivity contribution < 1.29 is 19.5 Å². The molecule has 3 atom stereocenters. The van der Waals surface area contributed by atoms with Crippen molar-refractivity contribution in [2.24, 2.45) is 17.8 Å². The molecule has 1 aliphatic rings. The molecule has 0 saturated heterocycles. The second-order valence-electron chi connectivity index (χ2n) is 6.78. The standard InChI is InChI=1S/C18H29NO4/c1-4-5-6-7-14-13(8-9-16(14)20)11-17(21)19-15(18(22)23)10-12(2)3/h5-6,12-15H,4,7-11H2,1-3H3,(H,19,21)(H,22,23)/b6-5-/t13-,14+,15+/m1/s1. The van der Waals surface area contributed by atoms with Crippen LogP contribution >= 0.6 is 0 Å². The van der Waals surface area contributed by atoms with E-state index in [1.807, 2.05) is 32.9 Å². The fourth-order valence-corrected chi connectivity index (χ4v) is 3.14. The Balaban J connectivity index is 2.58. The second-order valence-corrected chi connectivity index (χ2v) is 6.78. The van der Waals surface area contributed by atoms with Gasteiger partial charge in [-0.25, -0.2) is 4.79 Å². The van der Waals surface area contributed by atoms with Crippen molar-refractivity contribution in [3.63, 3.8) is 0 Å². The number of carboxylic acids is 1. The van der Waals surface area contributed by atoms with Crippen LogP contribution in [-0.4, -0.2) is 28.8 Å². The number of carbonyl (C=O) groups is 3. The Morgan fingerprint density at radius 3 is 2.61 bits per heavy atom. The summed E-state index contributed by atoms with van der Waals surface area (Å²) in [5.74, 6) is -0.925. The normalized spacial score (nSPS) is 22.7. The van der Waals surface area contributed by atoms with E-state index in [0.29, 0.717) is 19.3 Å². The molecule has 1 rings (SSSR count). The maximum absolute atomic E-state index is 12.2. The van der Waals surface area contributed by atoms with Crippen LogP contribution in [0, 0.1) is 17.8 Å². The summed E-state index contributed by atoms with van der Waals surface area (Å²) in [6.45, 7) is 5.89. The molecule has 0 radical (unpaired) electrons. The van der Waals surface area contributed by atoms with Crippen molar-refractivity contribution in [3.05, 3.63) is 12.2 Å². The van der Waals surface area contributed by atoms with Gasteiger partial charge in [0, 0.05) is 18.8 Å². The molecule has 0 aromatic heterocycles. The van der Waals surface area contributed by atoms with Crippen molar-refractivity contribution in [1.29, 1.82) is 0 Å². The number of hydrogen-bond acceptors (Lipinski definition) is 3. The van der Waals surface area contributed by atoms with E-state index in [4.69, 9.17) is 0 Å². The summed E-state index contributed by atoms with van der Waals surface area (Å²) in [5.41, 5.74) is 0. The number of Topliss-reactive ketones (excluding diaryl/α,β-unsaturated/α-hetero) is 1. The molecular formula is C18H29NO4. The van der Waals surface area contributed by atoms with Crippen molar-refractivity contribution >= 4 is 17.7 Å². The zero-order valence-electron chi connectivity index (χ0n) is 14.4. The van der Waals surface area contributed by atoms with E-state index in [1.165, 1.54) is 0 Å². The Morgan fingerprint density at radius 2 is 2.04 bits per heavy atom. The molecule has 0 unspecified atom stereocenters. The number of rotatable bonds is 9. The van der Waals surface area contributed by atoms with E-state index >= 15 is 0 Å². The van der Waals surface area contributed by atoms with E-state index in [9.17, 15) is 19.5 Å². The minimum absolute atomic E-state index is 0.0255. The third-order valence-corrected chi connectivity index (χ3v) is 4.32. The van der Waals surface area contributed by atoms with Gasteiger partial charge >= 0.3 is 5.97 Å². The first-order valence-electron chi connectivity index (χ1n) is 8.55. The molecule has 1 saturated carbocycles. The Labute approximate surface area is 138 Å². The molecule has 0 aliphatic heterocycles. The van der Waals surface area contributed by atoms with Crippen LogP contribution in [0.25, 0.3) is 0 Å². The van der Waals surface area contributed by atoms with Gasteiger partial charge in [-0.15, -0.1) is 0 Å². The SMILES string of the molecule is CC/C=C\C[C@@H]1C(=O)CC[C@@H]1CC(=O)N[C@@H](CC(C)C)C(=O)O. The van der Waals surface area contributed by atoms with Crippen LogP contribution in [-0.2, 0) is 14.4 Å². The van der Waals surface area contributed by atoms with Crippen molar-refractivity contribution in [2.75, 3.05) is 0 Å². The summed E-state index contributed by atoms with van der Waals surface area (Å²) in [4.78, 5) is 35.4. The van der Waals surface area contributed by atoms with E-state index in [2.05, 4.69) is 5.32 Å². The van der Waals surface area contributed by atoms with Crippen LogP contribution in [0.3, 0.4) is 0 Å². The van der Waals surface area contributed by atoms with Gasteiger partial charge < -0.3 is 10.4 Å². The van der Waals surface area contributed by atoms with Gasteiger partial charge in [-0.3, -0.25) is 9.59 Å². The second kappa shape index (κ2) is 9.48. The molecule has 0 spiro atoms. The Kier molecular flexibility index (Phi) is 8.00. The monoisotopic (exact) mass is 323 g/mol. The number of carboxylic acid groups (broad SMARTS) is 1. The first-order chi connectivity index (χ1) is 10.8. The number of nitrogens with one attached hydrogen (secondary N) is 1. The van der Waals surface area contributed by atoms with Crippen LogP contribution in [0.15, 0.2) is 12.2 Å². The predicted octanol–water partition coefficient (Wildman–Crippen LogP) is 2.94. The molecule has 1 aliphatic carbocycles. The molecule has 1 amide bonds. The van der Waals surface area contributed by atoms with Gasteiger partial charge in [0.2, 0.25) is 5.91 Å². The van der Waals surface area contributed by atoms with E-state index in [0.717, 1.165) is 12.8 Å². The number of allylic oxidation sites excluding steroid dienone is 2. The molecule has 1 fully saturated rings. The minimum atomic E-state index is -1.00. The highest BCUT2D eigenvalue weighted by Crippen LogP contribution is 2.34. The Morgan fingerprint density at radius 1 is 1.35 bits per heavy atom. The van der Waals surface area contributed by atoms with Crippen LogP contribution in [0.2, 0.25) is 0 Å². The molecular weight excluding hydrogens is 294 g/mol. The van der Waals surface area contributed by atoms with E-state index in [1.54, 1.807) is 0 Å². The minimum Gasteiger partial charge on any atom is -0.480 e. The number of aliphatic carboxylic acids is 1. The van der Waals surface area contributed by atoms with Crippen LogP contribution in [0.5, 0.6) is 0 Å². The topological polar surface area (TPSA) is 83.5 Å². The first kappa shape index (κ1) is 19.4. The summed E-state index contributed by atoms with van der Waals surface area (Å²) < 4.78 is 0. The van der Waals surface area contributed by atoms with Crippen LogP contribution in [0.4, 0.5) is 0 Å². The molecule has 2 N–H and O–H groups in total. The van der Waals surface area contributed by atoms with E-state index in [-0.39, 0.29) is 35.9 Å². The van der Waals surface area contributed by atoms with Gasteiger partial charge in [0.15, 0.2) is 0 Å². The van der Waals surface area contributed by atoms with Gasteiger partial charge in [-0.1, -0.05) is 32.9 Å². The Bertz CT molecular complexity index is 456. The zero-order valence-corrected chi connectivity index (χ0v) is 14.4.